The second-order valence-corrected chi connectivity index (χ2v) is 7.27. The molecule has 1 N–H and O–H groups in total. The van der Waals surface area contributed by atoms with Gasteiger partial charge in [0.1, 0.15) is 4.90 Å². The average Bonchev–Trinajstić information content (AvgIpc) is 2.48. The van der Waals surface area contributed by atoms with E-state index in [1.807, 2.05) is 6.92 Å². The Bertz CT molecular complexity index is 864. The lowest BCUT2D eigenvalue weighted by atomic mass is 10.1. The average molecular weight is 378 g/mol. The van der Waals surface area contributed by atoms with Gasteiger partial charge in [0.2, 0.25) is 0 Å². The highest BCUT2D eigenvalue weighted by Gasteiger charge is 2.33. The van der Waals surface area contributed by atoms with E-state index in [1.165, 1.54) is 0 Å². The predicted molar refractivity (Wildman–Crippen MR) is 87.8 cm³/mol. The molecule has 24 heavy (non-hydrogen) atoms. The van der Waals surface area contributed by atoms with Gasteiger partial charge in [0.25, 0.3) is 10.0 Å². The number of anilines is 1. The summed E-state index contributed by atoms with van der Waals surface area (Å²) < 4.78 is 66.0. The van der Waals surface area contributed by atoms with E-state index >= 15 is 0 Å². The third-order valence-electron chi connectivity index (χ3n) is 3.52. The highest BCUT2D eigenvalue weighted by molar-refractivity contribution is 7.92. The van der Waals surface area contributed by atoms with Crippen molar-refractivity contribution in [3.8, 4) is 0 Å². The van der Waals surface area contributed by atoms with E-state index in [9.17, 15) is 21.6 Å². The standard InChI is InChI=1S/C16H15ClF3NO2S/c1-3-11-6-4-5-10(2)15(11)21-24(22,23)14-9-12(16(18,19)20)7-8-13(14)17/h4-9,21H,3H2,1-2H3. The Kier molecular flexibility index (Phi) is 5.15. The molecule has 0 aliphatic rings. The zero-order valence-corrected chi connectivity index (χ0v) is 14.5. The van der Waals surface area contributed by atoms with Crippen LogP contribution < -0.4 is 4.72 Å². The molecule has 2 rings (SSSR count). The Morgan fingerprint density at radius 3 is 2.42 bits per heavy atom. The molecule has 2 aromatic carbocycles. The fourth-order valence-corrected chi connectivity index (χ4v) is 3.94. The van der Waals surface area contributed by atoms with Gasteiger partial charge < -0.3 is 0 Å². The molecule has 0 saturated carbocycles. The molecule has 0 unspecified atom stereocenters. The Labute approximate surface area is 143 Å². The predicted octanol–water partition coefficient (Wildman–Crippen LogP) is 5.03. The molecule has 0 radical (unpaired) electrons. The number of hydrogen-bond donors (Lipinski definition) is 1. The first-order chi connectivity index (χ1) is 11.1. The van der Waals surface area contributed by atoms with Crippen LogP contribution in [-0.4, -0.2) is 8.42 Å². The third-order valence-corrected chi connectivity index (χ3v) is 5.36. The van der Waals surface area contributed by atoms with Gasteiger partial charge in [-0.05, 0) is 42.7 Å². The Morgan fingerprint density at radius 2 is 1.83 bits per heavy atom. The van der Waals surface area contributed by atoms with E-state index in [-0.39, 0.29) is 5.02 Å². The highest BCUT2D eigenvalue weighted by Crippen LogP contribution is 2.34. The minimum Gasteiger partial charge on any atom is -0.279 e. The summed E-state index contributed by atoms with van der Waals surface area (Å²) in [5.41, 5.74) is 0.684. The van der Waals surface area contributed by atoms with E-state index in [0.717, 1.165) is 17.7 Å². The Morgan fingerprint density at radius 1 is 1.17 bits per heavy atom. The minimum absolute atomic E-state index is 0.276. The maximum atomic E-state index is 12.8. The number of aryl methyl sites for hydroxylation is 2. The summed E-state index contributed by atoms with van der Waals surface area (Å²) in [4.78, 5) is -0.607. The van der Waals surface area contributed by atoms with Crippen LogP contribution in [0.4, 0.5) is 18.9 Å². The maximum Gasteiger partial charge on any atom is 0.416 e. The first-order valence-electron chi connectivity index (χ1n) is 7.04. The smallest absolute Gasteiger partial charge is 0.279 e. The minimum atomic E-state index is -4.66. The fourth-order valence-electron chi connectivity index (χ4n) is 2.24. The molecule has 0 bridgehead atoms. The lowest BCUT2D eigenvalue weighted by Gasteiger charge is -2.16. The first kappa shape index (κ1) is 18.6. The molecule has 0 fully saturated rings. The van der Waals surface area contributed by atoms with Crippen molar-refractivity contribution in [2.45, 2.75) is 31.3 Å². The number of alkyl halides is 3. The molecule has 8 heteroatoms. The molecular weight excluding hydrogens is 363 g/mol. The number of sulfonamides is 1. The largest absolute Gasteiger partial charge is 0.416 e. The number of para-hydroxylation sites is 1. The second kappa shape index (κ2) is 6.64. The molecule has 0 saturated heterocycles. The summed E-state index contributed by atoms with van der Waals surface area (Å²) in [5.74, 6) is 0. The van der Waals surface area contributed by atoms with Gasteiger partial charge in [-0.2, -0.15) is 13.2 Å². The fraction of sp³-hybridized carbons (Fsp3) is 0.250. The number of rotatable bonds is 4. The van der Waals surface area contributed by atoms with Gasteiger partial charge in [0.05, 0.1) is 16.3 Å². The lowest BCUT2D eigenvalue weighted by molar-refractivity contribution is -0.137. The van der Waals surface area contributed by atoms with E-state index in [4.69, 9.17) is 11.6 Å². The normalized spacial score (nSPS) is 12.2. The molecule has 130 valence electrons. The second-order valence-electron chi connectivity index (χ2n) is 5.21. The molecule has 0 heterocycles. The van der Waals surface area contributed by atoms with Crippen molar-refractivity contribution in [1.29, 1.82) is 0 Å². The van der Waals surface area contributed by atoms with Gasteiger partial charge >= 0.3 is 6.18 Å². The number of nitrogens with one attached hydrogen (secondary N) is 1. The van der Waals surface area contributed by atoms with Crippen LogP contribution in [0.5, 0.6) is 0 Å². The maximum absolute atomic E-state index is 12.8. The third kappa shape index (κ3) is 3.84. The molecular formula is C16H15ClF3NO2S. The van der Waals surface area contributed by atoms with Crippen LogP contribution in [0.15, 0.2) is 41.3 Å². The topological polar surface area (TPSA) is 46.2 Å². The number of benzene rings is 2. The molecule has 0 aromatic heterocycles. The zero-order valence-electron chi connectivity index (χ0n) is 12.9. The van der Waals surface area contributed by atoms with E-state index in [0.29, 0.717) is 23.7 Å². The van der Waals surface area contributed by atoms with Gasteiger partial charge in [0, 0.05) is 0 Å². The first-order valence-corrected chi connectivity index (χ1v) is 8.90. The molecule has 0 amide bonds. The molecule has 0 atom stereocenters. The van der Waals surface area contributed by atoms with Crippen molar-refractivity contribution >= 4 is 27.3 Å². The molecule has 2 aromatic rings. The van der Waals surface area contributed by atoms with Crippen molar-refractivity contribution in [2.24, 2.45) is 0 Å². The van der Waals surface area contributed by atoms with Crippen LogP contribution in [0.25, 0.3) is 0 Å². The van der Waals surface area contributed by atoms with Gasteiger partial charge in [0.15, 0.2) is 0 Å². The van der Waals surface area contributed by atoms with Crippen molar-refractivity contribution in [1.82, 2.24) is 0 Å². The van der Waals surface area contributed by atoms with E-state index in [1.54, 1.807) is 25.1 Å². The summed E-state index contributed by atoms with van der Waals surface area (Å²) in [6.45, 7) is 3.56. The van der Waals surface area contributed by atoms with Crippen LogP contribution in [0.1, 0.15) is 23.6 Å². The Hall–Kier alpha value is -1.73. The van der Waals surface area contributed by atoms with Crippen LogP contribution in [0, 0.1) is 6.92 Å². The monoisotopic (exact) mass is 377 g/mol. The lowest BCUT2D eigenvalue weighted by Crippen LogP contribution is -2.17. The van der Waals surface area contributed by atoms with Crippen molar-refractivity contribution in [2.75, 3.05) is 4.72 Å². The molecule has 3 nitrogen and oxygen atoms in total. The van der Waals surface area contributed by atoms with Crippen LogP contribution >= 0.6 is 11.6 Å². The Balaban J connectivity index is 2.53. The van der Waals surface area contributed by atoms with Crippen LogP contribution in [0.2, 0.25) is 5.02 Å². The number of halogens is 4. The summed E-state index contributed by atoms with van der Waals surface area (Å²) in [6.07, 6.45) is -4.10. The van der Waals surface area contributed by atoms with Gasteiger partial charge in [-0.15, -0.1) is 0 Å². The summed E-state index contributed by atoms with van der Waals surface area (Å²) in [5, 5.41) is -0.276. The van der Waals surface area contributed by atoms with Crippen LogP contribution in [0.3, 0.4) is 0 Å². The SMILES string of the molecule is CCc1cccc(C)c1NS(=O)(=O)c1cc(C(F)(F)F)ccc1Cl. The van der Waals surface area contributed by atoms with Crippen LogP contribution in [-0.2, 0) is 22.6 Å². The molecule has 0 aliphatic heterocycles. The quantitative estimate of drug-likeness (QED) is 0.812. The molecule has 0 aliphatic carbocycles. The van der Waals surface area contributed by atoms with Gasteiger partial charge in [-0.3, -0.25) is 4.72 Å². The van der Waals surface area contributed by atoms with E-state index in [2.05, 4.69) is 4.72 Å². The molecule has 0 spiro atoms. The van der Waals surface area contributed by atoms with Gasteiger partial charge in [-0.1, -0.05) is 36.7 Å². The summed E-state index contributed by atoms with van der Waals surface area (Å²) in [7, 11) is -4.26. The summed E-state index contributed by atoms with van der Waals surface area (Å²) >= 11 is 5.82. The van der Waals surface area contributed by atoms with E-state index < -0.39 is 26.7 Å². The summed E-state index contributed by atoms with van der Waals surface area (Å²) in [6, 6.07) is 7.45. The van der Waals surface area contributed by atoms with Crippen molar-refractivity contribution in [3.05, 3.63) is 58.1 Å². The highest BCUT2D eigenvalue weighted by atomic mass is 35.5. The number of hydrogen-bond acceptors (Lipinski definition) is 2. The zero-order chi connectivity index (χ0) is 18.1. The van der Waals surface area contributed by atoms with Crippen molar-refractivity contribution in [3.63, 3.8) is 0 Å². The van der Waals surface area contributed by atoms with Gasteiger partial charge in [-0.25, -0.2) is 8.42 Å². The van der Waals surface area contributed by atoms with Crippen molar-refractivity contribution < 1.29 is 21.6 Å².